The van der Waals surface area contributed by atoms with Crippen molar-refractivity contribution < 1.29 is 14.3 Å². The zero-order valence-corrected chi connectivity index (χ0v) is 13.5. The average Bonchev–Trinajstić information content (AvgIpc) is 3.15. The molecule has 0 radical (unpaired) electrons. The molecule has 1 atom stereocenters. The Kier molecular flexibility index (Phi) is 6.18. The number of thioether (sulfide) groups is 1. The lowest BCUT2D eigenvalue weighted by Crippen LogP contribution is -2.51. The Bertz CT molecular complexity index is 318. The molecule has 1 unspecified atom stereocenters. The van der Waals surface area contributed by atoms with Crippen molar-refractivity contribution in [2.45, 2.75) is 62.8 Å². The van der Waals surface area contributed by atoms with Gasteiger partial charge in [0.15, 0.2) is 0 Å². The largest absolute Gasteiger partial charge is 0.465 e. The number of hydrogen-bond donors (Lipinski definition) is 1. The predicted molar refractivity (Wildman–Crippen MR) is 82.1 cm³/mol. The van der Waals surface area contributed by atoms with E-state index in [9.17, 15) is 4.79 Å². The summed E-state index contributed by atoms with van der Waals surface area (Å²) in [4.78, 5) is 12.1. The van der Waals surface area contributed by atoms with E-state index in [0.717, 1.165) is 38.2 Å². The van der Waals surface area contributed by atoms with E-state index < -0.39 is 5.54 Å². The molecule has 0 aromatic carbocycles. The zero-order chi connectivity index (χ0) is 14.4. The number of ether oxygens (including phenoxy) is 2. The van der Waals surface area contributed by atoms with Gasteiger partial charge in [0.05, 0.1) is 25.1 Å². The molecule has 1 N–H and O–H groups in total. The van der Waals surface area contributed by atoms with Crippen LogP contribution in [0.15, 0.2) is 0 Å². The van der Waals surface area contributed by atoms with Gasteiger partial charge in [-0.05, 0) is 45.3 Å². The van der Waals surface area contributed by atoms with E-state index in [4.69, 9.17) is 9.47 Å². The molecule has 4 nitrogen and oxygen atoms in total. The van der Waals surface area contributed by atoms with E-state index in [1.54, 1.807) is 0 Å². The summed E-state index contributed by atoms with van der Waals surface area (Å²) in [7, 11) is 0. The summed E-state index contributed by atoms with van der Waals surface area (Å²) in [5, 5.41) is 4.18. The number of rotatable bonds is 10. The van der Waals surface area contributed by atoms with Crippen LogP contribution in [0.1, 0.15) is 46.0 Å². The normalized spacial score (nSPS) is 22.1. The molecule has 1 saturated carbocycles. The lowest BCUT2D eigenvalue weighted by molar-refractivity contribution is -0.151. The molecular weight excluding hydrogens is 274 g/mol. The van der Waals surface area contributed by atoms with Gasteiger partial charge < -0.3 is 9.47 Å². The summed E-state index contributed by atoms with van der Waals surface area (Å²) >= 11 is 2.00. The van der Waals surface area contributed by atoms with Crippen molar-refractivity contribution in [2.75, 3.05) is 25.6 Å². The van der Waals surface area contributed by atoms with Gasteiger partial charge in [-0.1, -0.05) is 6.42 Å². The van der Waals surface area contributed by atoms with Crippen LogP contribution in [0.5, 0.6) is 0 Å². The van der Waals surface area contributed by atoms with Crippen molar-refractivity contribution in [1.82, 2.24) is 5.32 Å². The van der Waals surface area contributed by atoms with Crippen LogP contribution in [0.2, 0.25) is 0 Å². The standard InChI is InChI=1S/C15H27NO3S/c1-3-19-14(17)15(2,16-12-6-7-12)8-4-5-9-20-13-10-18-11-13/h12-13,16H,3-11H2,1-2H3. The summed E-state index contributed by atoms with van der Waals surface area (Å²) < 4.78 is 10.4. The molecule has 2 aliphatic rings. The van der Waals surface area contributed by atoms with E-state index in [-0.39, 0.29) is 5.97 Å². The van der Waals surface area contributed by atoms with E-state index in [2.05, 4.69) is 5.32 Å². The molecule has 2 rings (SSSR count). The van der Waals surface area contributed by atoms with Gasteiger partial charge in [-0.15, -0.1) is 0 Å². The average molecular weight is 301 g/mol. The second kappa shape index (κ2) is 7.66. The van der Waals surface area contributed by atoms with Crippen LogP contribution in [0.3, 0.4) is 0 Å². The highest BCUT2D eigenvalue weighted by atomic mass is 32.2. The van der Waals surface area contributed by atoms with Gasteiger partial charge in [-0.2, -0.15) is 11.8 Å². The molecule has 2 fully saturated rings. The third-order valence-corrected chi connectivity index (χ3v) is 5.13. The van der Waals surface area contributed by atoms with Gasteiger partial charge in [-0.3, -0.25) is 10.1 Å². The van der Waals surface area contributed by atoms with E-state index in [0.29, 0.717) is 17.9 Å². The highest BCUT2D eigenvalue weighted by molar-refractivity contribution is 8.00. The Morgan fingerprint density at radius 2 is 2.15 bits per heavy atom. The van der Waals surface area contributed by atoms with Crippen molar-refractivity contribution >= 4 is 17.7 Å². The summed E-state index contributed by atoms with van der Waals surface area (Å²) in [5.74, 6) is 1.07. The Labute approximate surface area is 126 Å². The molecule has 0 spiro atoms. The van der Waals surface area contributed by atoms with Gasteiger partial charge in [0.1, 0.15) is 5.54 Å². The van der Waals surface area contributed by atoms with Crippen LogP contribution >= 0.6 is 11.8 Å². The molecule has 1 saturated heterocycles. The number of unbranched alkanes of at least 4 members (excludes halogenated alkanes) is 1. The van der Waals surface area contributed by atoms with Crippen molar-refractivity contribution in [3.63, 3.8) is 0 Å². The van der Waals surface area contributed by atoms with Gasteiger partial charge in [-0.25, -0.2) is 0 Å². The van der Waals surface area contributed by atoms with Crippen molar-refractivity contribution in [1.29, 1.82) is 0 Å². The molecule has 5 heteroatoms. The summed E-state index contributed by atoms with van der Waals surface area (Å²) in [6, 6.07) is 0.519. The van der Waals surface area contributed by atoms with Crippen LogP contribution in [0.4, 0.5) is 0 Å². The first kappa shape index (κ1) is 16.1. The fraction of sp³-hybridized carbons (Fsp3) is 0.933. The van der Waals surface area contributed by atoms with Crippen molar-refractivity contribution in [2.24, 2.45) is 0 Å². The number of hydrogen-bond acceptors (Lipinski definition) is 5. The lowest BCUT2D eigenvalue weighted by atomic mass is 9.94. The predicted octanol–water partition coefficient (Wildman–Crippen LogP) is 2.36. The lowest BCUT2D eigenvalue weighted by Gasteiger charge is -2.29. The first-order chi connectivity index (χ1) is 9.64. The minimum atomic E-state index is -0.499. The fourth-order valence-electron chi connectivity index (χ4n) is 2.34. The van der Waals surface area contributed by atoms with Crippen LogP contribution in [-0.2, 0) is 14.3 Å². The summed E-state index contributed by atoms with van der Waals surface area (Å²) in [5.41, 5.74) is -0.499. The van der Waals surface area contributed by atoms with E-state index in [1.165, 1.54) is 12.8 Å². The molecule has 0 bridgehead atoms. The van der Waals surface area contributed by atoms with Gasteiger partial charge in [0.2, 0.25) is 0 Å². The van der Waals surface area contributed by atoms with Crippen LogP contribution < -0.4 is 5.32 Å². The third kappa shape index (κ3) is 4.93. The maximum Gasteiger partial charge on any atom is 0.326 e. The van der Waals surface area contributed by atoms with Gasteiger partial charge >= 0.3 is 5.97 Å². The van der Waals surface area contributed by atoms with Crippen LogP contribution in [0.25, 0.3) is 0 Å². The Morgan fingerprint density at radius 1 is 1.40 bits per heavy atom. The molecule has 1 aliphatic carbocycles. The molecule has 116 valence electrons. The zero-order valence-electron chi connectivity index (χ0n) is 12.7. The van der Waals surface area contributed by atoms with Crippen LogP contribution in [0, 0.1) is 0 Å². The molecule has 0 amide bonds. The molecule has 20 heavy (non-hydrogen) atoms. The molecule has 1 aliphatic heterocycles. The van der Waals surface area contributed by atoms with Crippen molar-refractivity contribution in [3.05, 3.63) is 0 Å². The monoisotopic (exact) mass is 301 g/mol. The smallest absolute Gasteiger partial charge is 0.326 e. The topological polar surface area (TPSA) is 47.6 Å². The van der Waals surface area contributed by atoms with Gasteiger partial charge in [0, 0.05) is 6.04 Å². The Balaban J connectivity index is 1.67. The van der Waals surface area contributed by atoms with Gasteiger partial charge in [0.25, 0.3) is 0 Å². The highest BCUT2D eigenvalue weighted by Crippen LogP contribution is 2.27. The second-order valence-corrected chi connectivity index (χ2v) is 7.37. The Hall–Kier alpha value is -0.260. The third-order valence-electron chi connectivity index (χ3n) is 3.86. The molecular formula is C15H27NO3S. The maximum absolute atomic E-state index is 12.1. The summed E-state index contributed by atoms with van der Waals surface area (Å²) in [6.45, 7) is 6.14. The summed E-state index contributed by atoms with van der Waals surface area (Å²) in [6.07, 6.45) is 5.46. The minimum Gasteiger partial charge on any atom is -0.465 e. The molecule has 1 heterocycles. The number of esters is 1. The molecule has 0 aromatic rings. The first-order valence-corrected chi connectivity index (χ1v) is 8.83. The first-order valence-electron chi connectivity index (χ1n) is 7.78. The number of carbonyl (C=O) groups is 1. The van der Waals surface area contributed by atoms with Crippen LogP contribution in [-0.4, -0.2) is 48.4 Å². The molecule has 0 aromatic heterocycles. The fourth-order valence-corrected chi connectivity index (χ4v) is 3.43. The van der Waals surface area contributed by atoms with E-state index >= 15 is 0 Å². The minimum absolute atomic E-state index is 0.0908. The number of carbonyl (C=O) groups excluding carboxylic acids is 1. The Morgan fingerprint density at radius 3 is 2.70 bits per heavy atom. The van der Waals surface area contributed by atoms with E-state index in [1.807, 2.05) is 25.6 Å². The second-order valence-electron chi connectivity index (χ2n) is 5.96. The number of nitrogens with one attached hydrogen (secondary N) is 1. The highest BCUT2D eigenvalue weighted by Gasteiger charge is 2.39. The van der Waals surface area contributed by atoms with Crippen molar-refractivity contribution in [3.8, 4) is 0 Å². The SMILES string of the molecule is CCOC(=O)C(C)(CCCCSC1COC1)NC1CC1. The maximum atomic E-state index is 12.1. The quantitative estimate of drug-likeness (QED) is 0.496.